The van der Waals surface area contributed by atoms with Crippen molar-refractivity contribution in [1.82, 2.24) is 4.98 Å². The van der Waals surface area contributed by atoms with Gasteiger partial charge < -0.3 is 4.42 Å². The van der Waals surface area contributed by atoms with Crippen LogP contribution in [-0.4, -0.2) is 4.98 Å². The highest BCUT2D eigenvalue weighted by Crippen LogP contribution is 2.43. The molecule has 2 heterocycles. The van der Waals surface area contributed by atoms with Crippen molar-refractivity contribution in [1.29, 1.82) is 0 Å². The standard InChI is InChI=1S/C27H21NO/c1-4-10-19-18(5-2)25-22-15-14-17(3)24(23-13-8-9-16-28-23)27(22)29-26(25)21-12-7-6-11-20(19)21/h4-16H,2H2,1,3H3/b10-4-. The van der Waals surface area contributed by atoms with Gasteiger partial charge in [0.15, 0.2) is 0 Å². The Kier molecular flexibility index (Phi) is 4.06. The molecule has 2 nitrogen and oxygen atoms in total. The van der Waals surface area contributed by atoms with Gasteiger partial charge in [0.05, 0.1) is 5.69 Å². The number of hydrogen-bond donors (Lipinski definition) is 0. The maximum atomic E-state index is 6.60. The molecule has 5 aromatic rings. The number of allylic oxidation sites excluding steroid dienone is 1. The van der Waals surface area contributed by atoms with Gasteiger partial charge in [0.1, 0.15) is 11.2 Å². The summed E-state index contributed by atoms with van der Waals surface area (Å²) in [6.07, 6.45) is 8.00. The van der Waals surface area contributed by atoms with Crippen LogP contribution in [0.2, 0.25) is 0 Å². The molecule has 0 atom stereocenters. The van der Waals surface area contributed by atoms with Crippen LogP contribution in [0, 0.1) is 6.92 Å². The Morgan fingerprint density at radius 3 is 2.38 bits per heavy atom. The number of pyridine rings is 1. The van der Waals surface area contributed by atoms with Gasteiger partial charge in [-0.2, -0.15) is 0 Å². The molecule has 0 radical (unpaired) electrons. The lowest BCUT2D eigenvalue weighted by Crippen LogP contribution is -1.88. The molecule has 140 valence electrons. The molecule has 2 aromatic heterocycles. The Bertz CT molecular complexity index is 1420. The smallest absolute Gasteiger partial charge is 0.145 e. The van der Waals surface area contributed by atoms with E-state index >= 15 is 0 Å². The highest BCUT2D eigenvalue weighted by Gasteiger charge is 2.20. The van der Waals surface area contributed by atoms with Crippen molar-refractivity contribution >= 4 is 44.9 Å². The maximum absolute atomic E-state index is 6.60. The highest BCUT2D eigenvalue weighted by atomic mass is 16.3. The van der Waals surface area contributed by atoms with Crippen molar-refractivity contribution in [3.05, 3.63) is 90.1 Å². The zero-order chi connectivity index (χ0) is 20.0. The second-order valence-corrected chi connectivity index (χ2v) is 7.23. The van der Waals surface area contributed by atoms with Gasteiger partial charge in [-0.05, 0) is 48.1 Å². The molecule has 0 N–H and O–H groups in total. The van der Waals surface area contributed by atoms with Crippen LogP contribution in [0.5, 0.6) is 0 Å². The van der Waals surface area contributed by atoms with E-state index in [4.69, 9.17) is 4.42 Å². The third-order valence-corrected chi connectivity index (χ3v) is 5.55. The van der Waals surface area contributed by atoms with Crippen LogP contribution < -0.4 is 0 Å². The second-order valence-electron chi connectivity index (χ2n) is 7.23. The summed E-state index contributed by atoms with van der Waals surface area (Å²) in [5, 5.41) is 4.49. The Hall–Kier alpha value is -3.65. The van der Waals surface area contributed by atoms with Crippen molar-refractivity contribution in [2.45, 2.75) is 13.8 Å². The van der Waals surface area contributed by atoms with Crippen LogP contribution >= 0.6 is 0 Å². The van der Waals surface area contributed by atoms with Crippen LogP contribution in [-0.2, 0) is 0 Å². The SMILES string of the molecule is C=Cc1c(/C=C\C)c2ccccc2c2oc3c(-c4ccccn4)c(C)ccc3c12. The van der Waals surface area contributed by atoms with Gasteiger partial charge >= 0.3 is 0 Å². The third kappa shape index (κ3) is 2.53. The van der Waals surface area contributed by atoms with Crippen molar-refractivity contribution in [3.8, 4) is 11.3 Å². The fraction of sp³-hybridized carbons (Fsp3) is 0.0741. The molecule has 0 spiro atoms. The zero-order valence-electron chi connectivity index (χ0n) is 16.6. The first-order valence-corrected chi connectivity index (χ1v) is 9.81. The largest absolute Gasteiger partial charge is 0.455 e. The van der Waals surface area contributed by atoms with E-state index in [2.05, 4.69) is 67.0 Å². The Morgan fingerprint density at radius 1 is 0.862 bits per heavy atom. The third-order valence-electron chi connectivity index (χ3n) is 5.55. The molecule has 0 bridgehead atoms. The van der Waals surface area contributed by atoms with Crippen LogP contribution in [0.3, 0.4) is 0 Å². The van der Waals surface area contributed by atoms with Crippen molar-refractivity contribution in [2.75, 3.05) is 0 Å². The number of furan rings is 1. The monoisotopic (exact) mass is 375 g/mol. The van der Waals surface area contributed by atoms with Gasteiger partial charge in [-0.15, -0.1) is 0 Å². The van der Waals surface area contributed by atoms with Gasteiger partial charge in [0, 0.05) is 27.9 Å². The van der Waals surface area contributed by atoms with E-state index in [1.807, 2.05) is 37.4 Å². The molecule has 0 fully saturated rings. The summed E-state index contributed by atoms with van der Waals surface area (Å²) >= 11 is 0. The number of nitrogens with zero attached hydrogens (tertiary/aromatic N) is 1. The fourth-order valence-corrected chi connectivity index (χ4v) is 4.30. The molecule has 0 aliphatic carbocycles. The molecule has 29 heavy (non-hydrogen) atoms. The first-order chi connectivity index (χ1) is 14.2. The van der Waals surface area contributed by atoms with Gasteiger partial charge in [-0.1, -0.05) is 67.3 Å². The predicted octanol–water partition coefficient (Wildman–Crippen LogP) is 7.79. The quantitative estimate of drug-likeness (QED) is 0.322. The molecule has 3 aromatic carbocycles. The van der Waals surface area contributed by atoms with E-state index in [0.717, 1.165) is 49.7 Å². The molecular formula is C27H21NO. The minimum atomic E-state index is 0.879. The van der Waals surface area contributed by atoms with Crippen LogP contribution in [0.1, 0.15) is 23.6 Å². The molecule has 5 rings (SSSR count). The normalized spacial score (nSPS) is 11.8. The minimum absolute atomic E-state index is 0.879. The van der Waals surface area contributed by atoms with Gasteiger partial charge in [-0.3, -0.25) is 4.98 Å². The van der Waals surface area contributed by atoms with E-state index < -0.39 is 0 Å². The lowest BCUT2D eigenvalue weighted by Gasteiger charge is -2.09. The number of aromatic nitrogens is 1. The summed E-state index contributed by atoms with van der Waals surface area (Å²) in [5.74, 6) is 0. The highest BCUT2D eigenvalue weighted by molar-refractivity contribution is 6.22. The second kappa shape index (κ2) is 6.75. The molecule has 0 saturated carbocycles. The van der Waals surface area contributed by atoms with E-state index in [1.54, 1.807) is 0 Å². The summed E-state index contributed by atoms with van der Waals surface area (Å²) in [4.78, 5) is 4.59. The Labute approximate surface area is 169 Å². The molecular weight excluding hydrogens is 354 g/mol. The fourth-order valence-electron chi connectivity index (χ4n) is 4.30. The van der Waals surface area contributed by atoms with Gasteiger partial charge in [0.2, 0.25) is 0 Å². The molecule has 0 amide bonds. The average Bonchev–Trinajstić information content (AvgIpc) is 3.14. The Morgan fingerprint density at radius 2 is 1.66 bits per heavy atom. The number of rotatable bonds is 3. The van der Waals surface area contributed by atoms with Crippen molar-refractivity contribution < 1.29 is 4.42 Å². The maximum Gasteiger partial charge on any atom is 0.145 e. The first-order valence-electron chi connectivity index (χ1n) is 9.81. The zero-order valence-corrected chi connectivity index (χ0v) is 16.6. The summed E-state index contributed by atoms with van der Waals surface area (Å²) in [5.41, 5.74) is 7.18. The lowest BCUT2D eigenvalue weighted by atomic mass is 9.92. The average molecular weight is 375 g/mol. The molecule has 0 saturated heterocycles. The summed E-state index contributed by atoms with van der Waals surface area (Å²) < 4.78 is 6.60. The van der Waals surface area contributed by atoms with Gasteiger partial charge in [0.25, 0.3) is 0 Å². The molecule has 0 aliphatic rings. The summed E-state index contributed by atoms with van der Waals surface area (Å²) in [6.45, 7) is 8.28. The number of fused-ring (bicyclic) bond motifs is 5. The van der Waals surface area contributed by atoms with E-state index in [9.17, 15) is 0 Å². The topological polar surface area (TPSA) is 26.0 Å². The predicted molar refractivity (Wildman–Crippen MR) is 124 cm³/mol. The van der Waals surface area contributed by atoms with Crippen molar-refractivity contribution in [3.63, 3.8) is 0 Å². The summed E-state index contributed by atoms with van der Waals surface area (Å²) in [6, 6.07) is 18.7. The van der Waals surface area contributed by atoms with Crippen LogP contribution in [0.25, 0.3) is 56.1 Å². The molecule has 0 unspecified atom stereocenters. The first kappa shape index (κ1) is 17.4. The van der Waals surface area contributed by atoms with Gasteiger partial charge in [-0.25, -0.2) is 0 Å². The van der Waals surface area contributed by atoms with Crippen molar-refractivity contribution in [2.24, 2.45) is 0 Å². The van der Waals surface area contributed by atoms with Crippen LogP contribution in [0.15, 0.2) is 77.9 Å². The molecule has 0 aliphatic heterocycles. The van der Waals surface area contributed by atoms with E-state index in [-0.39, 0.29) is 0 Å². The number of benzene rings is 3. The lowest BCUT2D eigenvalue weighted by molar-refractivity contribution is 0.673. The van der Waals surface area contributed by atoms with E-state index in [0.29, 0.717) is 0 Å². The van der Waals surface area contributed by atoms with Crippen LogP contribution in [0.4, 0.5) is 0 Å². The molecule has 2 heteroatoms. The Balaban J connectivity index is 2.05. The number of hydrogen-bond acceptors (Lipinski definition) is 2. The van der Waals surface area contributed by atoms with E-state index in [1.165, 1.54) is 10.9 Å². The number of aryl methyl sites for hydroxylation is 1. The minimum Gasteiger partial charge on any atom is -0.455 e. The summed E-state index contributed by atoms with van der Waals surface area (Å²) in [7, 11) is 0.